The maximum Gasteiger partial charge on any atom is 0.407 e. The second-order valence-corrected chi connectivity index (χ2v) is 5.17. The zero-order chi connectivity index (χ0) is 11.5. The van der Waals surface area contributed by atoms with Crippen LogP contribution in [0.15, 0.2) is 12.2 Å². The van der Waals surface area contributed by atoms with Gasteiger partial charge in [0.15, 0.2) is 0 Å². The van der Waals surface area contributed by atoms with Crippen LogP contribution < -0.4 is 5.32 Å². The van der Waals surface area contributed by atoms with Gasteiger partial charge in [0.1, 0.15) is 5.60 Å². The van der Waals surface area contributed by atoms with Gasteiger partial charge < -0.3 is 10.1 Å². The van der Waals surface area contributed by atoms with Crippen LogP contribution in [0.3, 0.4) is 0 Å². The predicted octanol–water partition coefficient (Wildman–Crippen LogP) is 2.87. The van der Waals surface area contributed by atoms with E-state index in [1.807, 2.05) is 20.8 Å². The number of ether oxygens (including phenoxy) is 1. The van der Waals surface area contributed by atoms with Gasteiger partial charge in [-0.05, 0) is 39.5 Å². The number of carbonyl (C=O) groups excluding carboxylic acids is 1. The molecule has 0 saturated heterocycles. The van der Waals surface area contributed by atoms with Crippen LogP contribution in [0.4, 0.5) is 4.79 Å². The molecular weight excluding hydrogens is 190 g/mol. The molecule has 1 amide bonds. The molecule has 0 aromatic carbocycles. The molecule has 1 aliphatic rings. The van der Waals surface area contributed by atoms with Crippen molar-refractivity contribution in [1.29, 1.82) is 0 Å². The average molecular weight is 211 g/mol. The minimum Gasteiger partial charge on any atom is -0.444 e. The molecule has 3 nitrogen and oxygen atoms in total. The van der Waals surface area contributed by atoms with Gasteiger partial charge in [0.05, 0.1) is 0 Å². The van der Waals surface area contributed by atoms with E-state index < -0.39 is 5.60 Å². The number of hydrogen-bond acceptors (Lipinski definition) is 2. The van der Waals surface area contributed by atoms with Crippen LogP contribution in [0, 0.1) is 5.92 Å². The lowest BCUT2D eigenvalue weighted by atomic mass is 9.91. The van der Waals surface area contributed by atoms with Crippen molar-refractivity contribution in [3.8, 4) is 0 Å². The number of allylic oxidation sites excluding steroid dienone is 1. The summed E-state index contributed by atoms with van der Waals surface area (Å²) in [7, 11) is 0. The summed E-state index contributed by atoms with van der Waals surface area (Å²) in [6.45, 7) is 7.76. The van der Waals surface area contributed by atoms with Crippen molar-refractivity contribution in [3.05, 3.63) is 12.2 Å². The summed E-state index contributed by atoms with van der Waals surface area (Å²) in [6.07, 6.45) is 5.90. The van der Waals surface area contributed by atoms with Crippen LogP contribution in [0.5, 0.6) is 0 Å². The predicted molar refractivity (Wildman–Crippen MR) is 60.7 cm³/mol. The Balaban J connectivity index is 2.41. The number of nitrogens with one attached hydrogen (secondary N) is 1. The van der Waals surface area contributed by atoms with Gasteiger partial charge >= 0.3 is 6.09 Å². The highest BCUT2D eigenvalue weighted by Gasteiger charge is 2.23. The van der Waals surface area contributed by atoms with E-state index in [1.165, 1.54) is 0 Å². The monoisotopic (exact) mass is 211 g/mol. The third-order valence-electron chi connectivity index (χ3n) is 2.45. The van der Waals surface area contributed by atoms with Gasteiger partial charge in [0.2, 0.25) is 0 Å². The summed E-state index contributed by atoms with van der Waals surface area (Å²) in [4.78, 5) is 11.5. The number of carbonyl (C=O) groups is 1. The fraction of sp³-hybridized carbons (Fsp3) is 0.750. The van der Waals surface area contributed by atoms with Crippen molar-refractivity contribution in [2.24, 2.45) is 5.92 Å². The first-order valence-corrected chi connectivity index (χ1v) is 5.53. The van der Waals surface area contributed by atoms with Gasteiger partial charge in [-0.25, -0.2) is 4.79 Å². The largest absolute Gasteiger partial charge is 0.444 e. The first-order valence-electron chi connectivity index (χ1n) is 5.53. The fourth-order valence-electron chi connectivity index (χ4n) is 1.61. The molecule has 0 saturated carbocycles. The smallest absolute Gasteiger partial charge is 0.407 e. The summed E-state index contributed by atoms with van der Waals surface area (Å²) in [5.74, 6) is 0.488. The Hall–Kier alpha value is -0.990. The lowest BCUT2D eigenvalue weighted by molar-refractivity contribution is 0.0487. The van der Waals surface area contributed by atoms with E-state index in [4.69, 9.17) is 4.74 Å². The Morgan fingerprint density at radius 3 is 2.47 bits per heavy atom. The third-order valence-corrected chi connectivity index (χ3v) is 2.45. The maximum absolute atomic E-state index is 11.5. The average Bonchev–Trinajstić information content (AvgIpc) is 2.05. The van der Waals surface area contributed by atoms with Crippen LogP contribution in [-0.4, -0.2) is 17.7 Å². The van der Waals surface area contributed by atoms with Crippen molar-refractivity contribution in [2.45, 2.75) is 52.2 Å². The van der Waals surface area contributed by atoms with E-state index in [2.05, 4.69) is 24.4 Å². The molecule has 0 aliphatic heterocycles. The van der Waals surface area contributed by atoms with E-state index in [1.54, 1.807) is 0 Å². The Kier molecular flexibility index (Phi) is 3.77. The minimum atomic E-state index is -0.419. The molecule has 1 rings (SSSR count). The van der Waals surface area contributed by atoms with E-state index >= 15 is 0 Å². The van der Waals surface area contributed by atoms with Gasteiger partial charge in [-0.2, -0.15) is 0 Å². The molecule has 1 N–H and O–H groups in total. The first kappa shape index (κ1) is 12.1. The van der Waals surface area contributed by atoms with Crippen molar-refractivity contribution in [2.75, 3.05) is 0 Å². The Labute approximate surface area is 91.9 Å². The zero-order valence-electron chi connectivity index (χ0n) is 10.0. The maximum atomic E-state index is 11.5. The van der Waals surface area contributed by atoms with Gasteiger partial charge in [0, 0.05) is 6.04 Å². The first-order chi connectivity index (χ1) is 6.88. The van der Waals surface area contributed by atoms with E-state index in [-0.39, 0.29) is 12.1 Å². The molecule has 0 aromatic heterocycles. The second-order valence-electron chi connectivity index (χ2n) is 5.17. The third kappa shape index (κ3) is 4.36. The van der Waals surface area contributed by atoms with Crippen LogP contribution >= 0.6 is 0 Å². The topological polar surface area (TPSA) is 38.3 Å². The lowest BCUT2D eigenvalue weighted by Crippen LogP contribution is -2.42. The van der Waals surface area contributed by atoms with Crippen molar-refractivity contribution in [1.82, 2.24) is 5.32 Å². The van der Waals surface area contributed by atoms with E-state index in [9.17, 15) is 4.79 Å². The number of alkyl carbamates (subject to hydrolysis) is 1. The van der Waals surface area contributed by atoms with Crippen LogP contribution in [0.1, 0.15) is 40.5 Å². The molecule has 1 aliphatic carbocycles. The molecule has 0 fully saturated rings. The van der Waals surface area contributed by atoms with Crippen LogP contribution in [-0.2, 0) is 4.74 Å². The minimum absolute atomic E-state index is 0.213. The molecule has 86 valence electrons. The highest BCUT2D eigenvalue weighted by atomic mass is 16.6. The fourth-order valence-corrected chi connectivity index (χ4v) is 1.61. The molecule has 15 heavy (non-hydrogen) atoms. The molecule has 0 aromatic rings. The summed E-state index contributed by atoms with van der Waals surface area (Å²) < 4.78 is 5.21. The van der Waals surface area contributed by atoms with Crippen molar-refractivity contribution in [3.63, 3.8) is 0 Å². The quantitative estimate of drug-likeness (QED) is 0.677. The summed E-state index contributed by atoms with van der Waals surface area (Å²) >= 11 is 0. The standard InChI is InChI=1S/C12H21NO2/c1-9-7-5-6-8-10(9)13-11(14)15-12(2,3)4/h5-6,9-10H,7-8H2,1-4H3,(H,13,14)/t9-,10+/m0/s1. The summed E-state index contributed by atoms with van der Waals surface area (Å²) in [5.41, 5.74) is -0.419. The molecule has 2 atom stereocenters. The number of rotatable bonds is 1. The van der Waals surface area contributed by atoms with Crippen molar-refractivity contribution < 1.29 is 9.53 Å². The Morgan fingerprint density at radius 1 is 1.33 bits per heavy atom. The molecular formula is C12H21NO2. The number of amides is 1. The van der Waals surface area contributed by atoms with Gasteiger partial charge in [-0.15, -0.1) is 0 Å². The van der Waals surface area contributed by atoms with Gasteiger partial charge in [-0.1, -0.05) is 19.1 Å². The SMILES string of the molecule is C[C@H]1CC=CC[C@H]1NC(=O)OC(C)(C)C. The zero-order valence-corrected chi connectivity index (χ0v) is 10.0. The normalized spacial score (nSPS) is 26.1. The highest BCUT2D eigenvalue weighted by Crippen LogP contribution is 2.18. The number of hydrogen-bond donors (Lipinski definition) is 1. The second kappa shape index (κ2) is 4.69. The Bertz CT molecular complexity index is 253. The summed E-state index contributed by atoms with van der Waals surface area (Å²) in [6, 6.07) is 0.213. The molecule has 0 bridgehead atoms. The van der Waals surface area contributed by atoms with Crippen LogP contribution in [0.25, 0.3) is 0 Å². The van der Waals surface area contributed by atoms with Gasteiger partial charge in [-0.3, -0.25) is 0 Å². The summed E-state index contributed by atoms with van der Waals surface area (Å²) in [5, 5.41) is 2.91. The van der Waals surface area contributed by atoms with E-state index in [0.29, 0.717) is 5.92 Å². The molecule has 0 unspecified atom stereocenters. The Morgan fingerprint density at radius 2 is 1.93 bits per heavy atom. The molecule has 0 heterocycles. The van der Waals surface area contributed by atoms with E-state index in [0.717, 1.165) is 12.8 Å². The van der Waals surface area contributed by atoms with Crippen LogP contribution in [0.2, 0.25) is 0 Å². The lowest BCUT2D eigenvalue weighted by Gasteiger charge is -2.28. The molecule has 0 spiro atoms. The highest BCUT2D eigenvalue weighted by molar-refractivity contribution is 5.68. The van der Waals surface area contributed by atoms with Crippen molar-refractivity contribution >= 4 is 6.09 Å². The van der Waals surface area contributed by atoms with Gasteiger partial charge in [0.25, 0.3) is 0 Å². The molecule has 3 heteroatoms. The molecule has 0 radical (unpaired) electrons.